The second-order valence-corrected chi connectivity index (χ2v) is 9.30. The third-order valence-corrected chi connectivity index (χ3v) is 6.72. The summed E-state index contributed by atoms with van der Waals surface area (Å²) in [6, 6.07) is 5.54. The van der Waals surface area contributed by atoms with Crippen LogP contribution in [-0.2, 0) is 16.1 Å². The van der Waals surface area contributed by atoms with E-state index >= 15 is 0 Å². The highest BCUT2D eigenvalue weighted by Crippen LogP contribution is 2.35. The molecular weight excluding hydrogens is 439 g/mol. The number of esters is 1. The van der Waals surface area contributed by atoms with Crippen molar-refractivity contribution in [2.75, 3.05) is 11.5 Å². The summed E-state index contributed by atoms with van der Waals surface area (Å²) in [5.74, 6) is -1.84. The summed E-state index contributed by atoms with van der Waals surface area (Å²) in [5.41, 5.74) is -0.187. The van der Waals surface area contributed by atoms with Crippen LogP contribution >= 0.6 is 0 Å². The van der Waals surface area contributed by atoms with Crippen molar-refractivity contribution in [1.29, 1.82) is 0 Å². The van der Waals surface area contributed by atoms with Crippen LogP contribution < -0.4 is 10.2 Å². The van der Waals surface area contributed by atoms with E-state index in [9.17, 15) is 18.8 Å². The lowest BCUT2D eigenvalue weighted by atomic mass is 9.92. The summed E-state index contributed by atoms with van der Waals surface area (Å²) >= 11 is 0. The average Bonchev–Trinajstić information content (AvgIpc) is 3.04. The van der Waals surface area contributed by atoms with Gasteiger partial charge in [-0.1, -0.05) is 25.7 Å². The lowest BCUT2D eigenvalue weighted by Gasteiger charge is -2.44. The number of nitrogens with one attached hydrogen (secondary N) is 1. The highest BCUT2D eigenvalue weighted by Gasteiger charge is 2.50. The van der Waals surface area contributed by atoms with E-state index in [2.05, 4.69) is 10.4 Å². The lowest BCUT2D eigenvalue weighted by Crippen LogP contribution is -2.65. The molecule has 1 aromatic carbocycles. The molecule has 0 bridgehead atoms. The third kappa shape index (κ3) is 4.43. The van der Waals surface area contributed by atoms with Gasteiger partial charge in [0, 0.05) is 17.8 Å². The molecule has 2 heterocycles. The molecule has 9 heteroatoms. The molecule has 1 saturated carbocycles. The molecule has 1 atom stereocenters. The summed E-state index contributed by atoms with van der Waals surface area (Å²) < 4.78 is 20.3. The number of halogens is 1. The second kappa shape index (κ2) is 9.56. The van der Waals surface area contributed by atoms with E-state index in [4.69, 9.17) is 4.74 Å². The van der Waals surface area contributed by atoms with Crippen LogP contribution in [0.2, 0.25) is 0 Å². The number of amides is 2. The van der Waals surface area contributed by atoms with Crippen LogP contribution in [0.1, 0.15) is 78.9 Å². The zero-order chi connectivity index (χ0) is 24.5. The largest absolute Gasteiger partial charge is 0.461 e. The number of hydrogen-bond donors (Lipinski definition) is 1. The Balaban J connectivity index is 1.76. The number of benzene rings is 1. The Bertz CT molecular complexity index is 1110. The molecule has 8 nitrogen and oxygen atoms in total. The predicted octanol–water partition coefficient (Wildman–Crippen LogP) is 3.77. The molecule has 34 heavy (non-hydrogen) atoms. The van der Waals surface area contributed by atoms with Crippen LogP contribution in [0.5, 0.6) is 0 Å². The number of carbonyl (C=O) groups is 3. The Labute approximate surface area is 198 Å². The molecule has 1 N–H and O–H groups in total. The van der Waals surface area contributed by atoms with Crippen molar-refractivity contribution < 1.29 is 23.5 Å². The topological polar surface area (TPSA) is 93.5 Å². The molecule has 0 saturated heterocycles. The van der Waals surface area contributed by atoms with Crippen LogP contribution in [0.4, 0.5) is 10.1 Å². The first-order valence-electron chi connectivity index (χ1n) is 11.9. The van der Waals surface area contributed by atoms with Crippen molar-refractivity contribution >= 4 is 23.5 Å². The van der Waals surface area contributed by atoms with Gasteiger partial charge in [-0.3, -0.25) is 19.2 Å². The number of aryl methyl sites for hydroxylation is 1. The van der Waals surface area contributed by atoms with Gasteiger partial charge in [-0.25, -0.2) is 9.18 Å². The molecule has 2 amide bonds. The van der Waals surface area contributed by atoms with Gasteiger partial charge in [0.05, 0.1) is 13.2 Å². The molecule has 182 valence electrons. The van der Waals surface area contributed by atoms with Crippen molar-refractivity contribution in [2.24, 2.45) is 0 Å². The molecule has 0 spiro atoms. The van der Waals surface area contributed by atoms with E-state index in [0.29, 0.717) is 11.3 Å². The second-order valence-electron chi connectivity index (χ2n) is 9.30. The molecule has 1 fully saturated rings. The number of anilines is 1. The average molecular weight is 471 g/mol. The first-order valence-corrected chi connectivity index (χ1v) is 11.9. The Hall–Kier alpha value is -3.23. The predicted molar refractivity (Wildman–Crippen MR) is 124 cm³/mol. The molecule has 1 aliphatic heterocycles. The summed E-state index contributed by atoms with van der Waals surface area (Å²) in [5, 5.41) is 7.44. The molecule has 2 aromatic rings. The number of aromatic nitrogens is 2. The lowest BCUT2D eigenvalue weighted by molar-refractivity contribution is -0.127. The van der Waals surface area contributed by atoms with Crippen LogP contribution in [-0.4, -0.2) is 45.8 Å². The van der Waals surface area contributed by atoms with Crippen molar-refractivity contribution in [1.82, 2.24) is 15.1 Å². The monoisotopic (exact) mass is 470 g/mol. The number of rotatable bonds is 5. The number of hydrogen-bond acceptors (Lipinski definition) is 5. The van der Waals surface area contributed by atoms with Crippen LogP contribution in [0.3, 0.4) is 0 Å². The number of fused-ring (bicyclic) bond motifs is 1. The first kappa shape index (κ1) is 23.9. The van der Waals surface area contributed by atoms with E-state index < -0.39 is 23.2 Å². The molecule has 4 rings (SSSR count). The Kier molecular flexibility index (Phi) is 6.72. The number of nitrogens with zero attached hydrogens (tertiary/aromatic N) is 3. The van der Waals surface area contributed by atoms with Gasteiger partial charge in [0.15, 0.2) is 5.69 Å². The maximum atomic E-state index is 13.9. The van der Waals surface area contributed by atoms with Gasteiger partial charge in [-0.15, -0.1) is 0 Å². The quantitative estimate of drug-likeness (QED) is 0.530. The van der Waals surface area contributed by atoms with Gasteiger partial charge in [0.2, 0.25) is 5.91 Å². The van der Waals surface area contributed by atoms with Gasteiger partial charge in [0.1, 0.15) is 17.1 Å². The highest BCUT2D eigenvalue weighted by molar-refractivity contribution is 6.12. The van der Waals surface area contributed by atoms with E-state index in [1.165, 1.54) is 33.8 Å². The minimum absolute atomic E-state index is 0.00871. The minimum atomic E-state index is -1.34. The summed E-state index contributed by atoms with van der Waals surface area (Å²) in [7, 11) is 0. The summed E-state index contributed by atoms with van der Waals surface area (Å²) in [6.45, 7) is 5.30. The van der Waals surface area contributed by atoms with Crippen molar-refractivity contribution in [3.8, 4) is 0 Å². The molecular formula is C25H31FN4O4. The molecule has 1 aromatic heterocycles. The summed E-state index contributed by atoms with van der Waals surface area (Å²) in [4.78, 5) is 41.2. The maximum absolute atomic E-state index is 13.9. The van der Waals surface area contributed by atoms with Gasteiger partial charge in [0.25, 0.3) is 5.91 Å². The molecule has 2 aliphatic rings. The van der Waals surface area contributed by atoms with E-state index in [0.717, 1.165) is 38.5 Å². The van der Waals surface area contributed by atoms with Crippen molar-refractivity contribution in [3.05, 3.63) is 47.0 Å². The third-order valence-electron chi connectivity index (χ3n) is 6.72. The van der Waals surface area contributed by atoms with Gasteiger partial charge in [-0.2, -0.15) is 5.10 Å². The normalized spacial score (nSPS) is 21.1. The van der Waals surface area contributed by atoms with Crippen LogP contribution in [0.25, 0.3) is 0 Å². The van der Waals surface area contributed by atoms with Gasteiger partial charge < -0.3 is 10.1 Å². The Morgan fingerprint density at radius 1 is 1.21 bits per heavy atom. The van der Waals surface area contributed by atoms with Gasteiger partial charge in [-0.05, 0) is 57.4 Å². The number of carbonyl (C=O) groups excluding carboxylic acids is 3. The van der Waals surface area contributed by atoms with Gasteiger partial charge >= 0.3 is 5.97 Å². The molecule has 1 aliphatic carbocycles. The standard InChI is InChI=1S/C25H31FN4O4/c1-4-34-23(32)19-14-21-22(31)30(20-12-11-17(26)13-16(20)2)25(3,15-29(21)28-19)24(33)27-18-9-7-5-6-8-10-18/h11-14,18H,4-10,15H2,1-3H3,(H,27,33)/t25-/m0/s1. The Morgan fingerprint density at radius 3 is 2.56 bits per heavy atom. The van der Waals surface area contributed by atoms with Crippen LogP contribution in [0, 0.1) is 12.7 Å². The van der Waals surface area contributed by atoms with E-state index in [-0.39, 0.29) is 36.5 Å². The number of ether oxygens (including phenoxy) is 1. The van der Waals surface area contributed by atoms with E-state index in [1.54, 1.807) is 20.8 Å². The fourth-order valence-electron chi connectivity index (χ4n) is 4.90. The van der Waals surface area contributed by atoms with E-state index in [1.807, 2.05) is 0 Å². The molecule has 0 radical (unpaired) electrons. The zero-order valence-corrected chi connectivity index (χ0v) is 19.9. The SMILES string of the molecule is CCOC(=O)c1cc2n(n1)C[C@@](C)(C(=O)NC1CCCCCC1)N(c1ccc(F)cc1C)C2=O. The van der Waals surface area contributed by atoms with Crippen LogP contribution in [0.15, 0.2) is 24.3 Å². The maximum Gasteiger partial charge on any atom is 0.358 e. The fraction of sp³-hybridized carbons (Fsp3) is 0.520. The zero-order valence-electron chi connectivity index (χ0n) is 19.9. The highest BCUT2D eigenvalue weighted by atomic mass is 19.1. The Morgan fingerprint density at radius 2 is 1.91 bits per heavy atom. The van der Waals surface area contributed by atoms with Crippen molar-refractivity contribution in [3.63, 3.8) is 0 Å². The van der Waals surface area contributed by atoms with Crippen molar-refractivity contribution in [2.45, 2.75) is 77.4 Å². The summed E-state index contributed by atoms with van der Waals surface area (Å²) in [6.07, 6.45) is 6.19. The first-order chi connectivity index (χ1) is 16.2. The minimum Gasteiger partial charge on any atom is -0.461 e. The fourth-order valence-corrected chi connectivity index (χ4v) is 4.90. The molecule has 0 unspecified atom stereocenters. The smallest absolute Gasteiger partial charge is 0.358 e.